The average Bonchev–Trinajstić information content (AvgIpc) is 3.43. The smallest absolute Gasteiger partial charge is 0.293 e. The molecule has 2 heterocycles. The molecule has 1 saturated heterocycles. The number of carbonyl (C=O) groups excluding carboxylic acids is 2. The fourth-order valence-electron chi connectivity index (χ4n) is 3.77. The van der Waals surface area contributed by atoms with Gasteiger partial charge in [0, 0.05) is 21.7 Å². The number of halogens is 3. The van der Waals surface area contributed by atoms with Crippen LogP contribution in [-0.4, -0.2) is 29.9 Å². The number of imide groups is 1. The van der Waals surface area contributed by atoms with Crippen LogP contribution in [0.5, 0.6) is 23.0 Å². The molecule has 5 rings (SSSR count). The van der Waals surface area contributed by atoms with Crippen molar-refractivity contribution in [2.24, 2.45) is 0 Å². The maximum atomic E-state index is 13.1. The van der Waals surface area contributed by atoms with Gasteiger partial charge in [-0.3, -0.25) is 14.5 Å². The molecule has 0 saturated carbocycles. The molecule has 0 radical (unpaired) electrons. The van der Waals surface area contributed by atoms with Crippen molar-refractivity contribution in [3.05, 3.63) is 84.6 Å². The lowest BCUT2D eigenvalue weighted by atomic mass is 10.1. The monoisotopic (exact) mass is 621 g/mol. The molecule has 0 aliphatic carbocycles. The molecule has 190 valence electrons. The highest BCUT2D eigenvalue weighted by molar-refractivity contribution is 9.10. The van der Waals surface area contributed by atoms with Crippen molar-refractivity contribution in [3.8, 4) is 23.0 Å². The van der Waals surface area contributed by atoms with Gasteiger partial charge in [-0.15, -0.1) is 0 Å². The first-order valence-corrected chi connectivity index (χ1v) is 13.3. The molecular formula is C26H18BrCl2NO6S. The van der Waals surface area contributed by atoms with Crippen molar-refractivity contribution < 1.29 is 28.5 Å². The van der Waals surface area contributed by atoms with Crippen molar-refractivity contribution in [1.82, 2.24) is 4.90 Å². The van der Waals surface area contributed by atoms with Crippen molar-refractivity contribution in [2.75, 3.05) is 13.9 Å². The molecule has 37 heavy (non-hydrogen) atoms. The molecule has 2 amide bonds. The van der Waals surface area contributed by atoms with Gasteiger partial charge in [0.05, 0.1) is 23.0 Å². The minimum Gasteiger partial charge on any atom is -0.493 e. The molecule has 0 atom stereocenters. The van der Waals surface area contributed by atoms with Gasteiger partial charge in [0.1, 0.15) is 6.61 Å². The lowest BCUT2D eigenvalue weighted by Gasteiger charge is -2.15. The largest absolute Gasteiger partial charge is 0.493 e. The molecule has 0 bridgehead atoms. The second-order valence-corrected chi connectivity index (χ2v) is 10.6. The lowest BCUT2D eigenvalue weighted by Crippen LogP contribution is -2.27. The van der Waals surface area contributed by atoms with Crippen LogP contribution in [0.3, 0.4) is 0 Å². The molecule has 2 aliphatic heterocycles. The van der Waals surface area contributed by atoms with Gasteiger partial charge in [-0.05, 0) is 69.2 Å². The summed E-state index contributed by atoms with van der Waals surface area (Å²) in [5.74, 6) is 1.58. The summed E-state index contributed by atoms with van der Waals surface area (Å²) in [7, 11) is 1.52. The number of amides is 2. The Hall–Kier alpha value is -2.85. The number of ether oxygens (including phenoxy) is 4. The Morgan fingerprint density at radius 1 is 1.05 bits per heavy atom. The summed E-state index contributed by atoms with van der Waals surface area (Å²) in [4.78, 5) is 27.2. The highest BCUT2D eigenvalue weighted by Crippen LogP contribution is 2.41. The standard InChI is InChI=1S/C26H18BrCl2NO6S/c1-33-22-7-14(6-17(27)24(22)34-12-15-4-2-3-5-18(15)28)8-23-25(31)30(26(32)37-23)11-16-9-20-21(10-19(16)29)36-13-35-20/h2-10H,11-13H2,1H3/b23-8-. The van der Waals surface area contributed by atoms with E-state index in [4.69, 9.17) is 42.1 Å². The Morgan fingerprint density at radius 2 is 1.81 bits per heavy atom. The van der Waals surface area contributed by atoms with Crippen LogP contribution in [0.15, 0.2) is 57.9 Å². The van der Waals surface area contributed by atoms with E-state index in [-0.39, 0.29) is 24.8 Å². The first kappa shape index (κ1) is 25.8. The molecule has 1 fully saturated rings. The summed E-state index contributed by atoms with van der Waals surface area (Å²) in [5, 5.41) is 0.594. The summed E-state index contributed by atoms with van der Waals surface area (Å²) in [5.41, 5.74) is 2.07. The Balaban J connectivity index is 1.35. The van der Waals surface area contributed by atoms with E-state index in [1.54, 1.807) is 36.4 Å². The van der Waals surface area contributed by atoms with Crippen molar-refractivity contribution >= 4 is 68.1 Å². The van der Waals surface area contributed by atoms with E-state index in [0.717, 1.165) is 22.2 Å². The number of hydrogen-bond acceptors (Lipinski definition) is 7. The second-order valence-electron chi connectivity index (χ2n) is 7.98. The van der Waals surface area contributed by atoms with E-state index in [1.807, 2.05) is 18.2 Å². The molecule has 3 aromatic rings. The Bertz CT molecular complexity index is 1450. The Labute approximate surface area is 235 Å². The van der Waals surface area contributed by atoms with Gasteiger partial charge < -0.3 is 18.9 Å². The normalized spacial score (nSPS) is 15.6. The van der Waals surface area contributed by atoms with Gasteiger partial charge in [0.2, 0.25) is 6.79 Å². The van der Waals surface area contributed by atoms with E-state index in [9.17, 15) is 9.59 Å². The van der Waals surface area contributed by atoms with E-state index >= 15 is 0 Å². The van der Waals surface area contributed by atoms with Crippen LogP contribution in [0.2, 0.25) is 10.0 Å². The van der Waals surface area contributed by atoms with Gasteiger partial charge in [-0.25, -0.2) is 0 Å². The second kappa shape index (κ2) is 10.9. The highest BCUT2D eigenvalue weighted by atomic mass is 79.9. The summed E-state index contributed by atoms with van der Waals surface area (Å²) in [6.07, 6.45) is 1.64. The molecule has 7 nitrogen and oxygen atoms in total. The number of rotatable bonds is 7. The minimum absolute atomic E-state index is 0.0132. The molecule has 2 aliphatic rings. The van der Waals surface area contributed by atoms with Gasteiger partial charge in [-0.1, -0.05) is 41.4 Å². The zero-order valence-corrected chi connectivity index (χ0v) is 23.2. The number of fused-ring (bicyclic) bond motifs is 1. The predicted octanol–water partition coefficient (Wildman–Crippen LogP) is 7.31. The zero-order valence-electron chi connectivity index (χ0n) is 19.3. The highest BCUT2D eigenvalue weighted by Gasteiger charge is 2.36. The third-order valence-electron chi connectivity index (χ3n) is 5.62. The van der Waals surface area contributed by atoms with Gasteiger partial charge in [-0.2, -0.15) is 0 Å². The summed E-state index contributed by atoms with van der Waals surface area (Å²) in [6, 6.07) is 14.2. The molecule has 11 heteroatoms. The average molecular weight is 623 g/mol. The Morgan fingerprint density at radius 3 is 2.57 bits per heavy atom. The van der Waals surface area contributed by atoms with Gasteiger partial charge in [0.15, 0.2) is 23.0 Å². The van der Waals surface area contributed by atoms with Crippen LogP contribution < -0.4 is 18.9 Å². The van der Waals surface area contributed by atoms with Crippen LogP contribution in [0.1, 0.15) is 16.7 Å². The minimum atomic E-state index is -0.419. The Kier molecular flexibility index (Phi) is 7.57. The van der Waals surface area contributed by atoms with E-state index < -0.39 is 11.1 Å². The summed E-state index contributed by atoms with van der Waals surface area (Å²) >= 11 is 17.0. The number of nitrogens with zero attached hydrogens (tertiary/aromatic N) is 1. The maximum Gasteiger partial charge on any atom is 0.293 e. The molecule has 0 N–H and O–H groups in total. The third kappa shape index (κ3) is 5.40. The molecule has 0 unspecified atom stereocenters. The summed E-state index contributed by atoms with van der Waals surface area (Å²) < 4.78 is 22.8. The first-order valence-electron chi connectivity index (χ1n) is 10.9. The number of carbonyl (C=O) groups is 2. The van der Waals surface area contributed by atoms with Crippen LogP contribution in [0, 0.1) is 0 Å². The quantitative estimate of drug-likeness (QED) is 0.256. The lowest BCUT2D eigenvalue weighted by molar-refractivity contribution is -0.123. The van der Waals surface area contributed by atoms with Crippen LogP contribution in [0.4, 0.5) is 4.79 Å². The molecule has 3 aromatic carbocycles. The fourth-order valence-corrected chi connectivity index (χ4v) is 5.58. The fraction of sp³-hybridized carbons (Fsp3) is 0.154. The van der Waals surface area contributed by atoms with Crippen molar-refractivity contribution in [2.45, 2.75) is 13.2 Å². The van der Waals surface area contributed by atoms with Crippen molar-refractivity contribution in [1.29, 1.82) is 0 Å². The zero-order chi connectivity index (χ0) is 26.1. The third-order valence-corrected chi connectivity index (χ3v) is 7.84. The van der Waals surface area contributed by atoms with E-state index in [2.05, 4.69) is 15.9 Å². The van der Waals surface area contributed by atoms with Crippen LogP contribution in [0.25, 0.3) is 6.08 Å². The van der Waals surface area contributed by atoms with Gasteiger partial charge in [0.25, 0.3) is 11.1 Å². The molecule has 0 aromatic heterocycles. The number of methoxy groups -OCH3 is 1. The maximum absolute atomic E-state index is 13.1. The van der Waals surface area contributed by atoms with E-state index in [0.29, 0.717) is 48.6 Å². The van der Waals surface area contributed by atoms with Crippen LogP contribution in [-0.2, 0) is 17.9 Å². The van der Waals surface area contributed by atoms with Crippen molar-refractivity contribution in [3.63, 3.8) is 0 Å². The van der Waals surface area contributed by atoms with Gasteiger partial charge >= 0.3 is 0 Å². The van der Waals surface area contributed by atoms with E-state index in [1.165, 1.54) is 7.11 Å². The topological polar surface area (TPSA) is 74.3 Å². The molecule has 0 spiro atoms. The summed E-state index contributed by atoms with van der Waals surface area (Å²) in [6.45, 7) is 0.358. The predicted molar refractivity (Wildman–Crippen MR) is 146 cm³/mol. The number of hydrogen-bond donors (Lipinski definition) is 0. The van der Waals surface area contributed by atoms with Crippen LogP contribution >= 0.6 is 50.9 Å². The first-order chi connectivity index (χ1) is 17.8. The number of benzene rings is 3. The number of thioether (sulfide) groups is 1. The SMILES string of the molecule is COc1cc(/C=C2\SC(=O)N(Cc3cc4c(cc3Cl)OCO4)C2=O)cc(Br)c1OCc1ccccc1Cl. The molecular weight excluding hydrogens is 605 g/mol.